The first-order chi connectivity index (χ1) is 25.2. The van der Waals surface area contributed by atoms with E-state index in [9.17, 15) is 13.6 Å². The largest absolute Gasteiger partial charge is 0.317 e. The number of hydrogen-bond acceptors (Lipinski definition) is 7. The van der Waals surface area contributed by atoms with Gasteiger partial charge in [-0.25, -0.2) is 13.6 Å². The third-order valence-electron chi connectivity index (χ3n) is 12.0. The Morgan fingerprint density at radius 1 is 0.679 bits per heavy atom. The molecule has 10 heteroatoms. The summed E-state index contributed by atoms with van der Waals surface area (Å²) in [6, 6.07) is 15.8. The molecule has 7 nitrogen and oxygen atoms in total. The summed E-state index contributed by atoms with van der Waals surface area (Å²) in [6.07, 6.45) is 13.4. The molecule has 2 aromatic rings. The molecule has 4 N–H and O–H groups in total. The van der Waals surface area contributed by atoms with Crippen molar-refractivity contribution < 1.29 is 13.6 Å². The molecular weight excluding hydrogens is 690 g/mol. The molecule has 2 heterocycles. The molecule has 0 radical (unpaired) electrons. The Kier molecular flexibility index (Phi) is 21.0. The molecule has 2 aromatic carbocycles. The Bertz CT molecular complexity index is 1290. The number of piperidine rings is 2. The van der Waals surface area contributed by atoms with Gasteiger partial charge in [0.15, 0.2) is 0 Å². The molecule has 6 rings (SSSR count). The van der Waals surface area contributed by atoms with Crippen LogP contribution in [0, 0.1) is 35.3 Å². The first-order valence-corrected chi connectivity index (χ1v) is 20.4. The van der Waals surface area contributed by atoms with Crippen LogP contribution in [0.2, 0.25) is 0 Å². The second-order valence-corrected chi connectivity index (χ2v) is 16.2. The average molecular weight is 762 g/mol. The van der Waals surface area contributed by atoms with Gasteiger partial charge in [-0.1, -0.05) is 31.7 Å². The summed E-state index contributed by atoms with van der Waals surface area (Å²) in [5.41, 5.74) is 2.50. The van der Waals surface area contributed by atoms with Crippen molar-refractivity contribution in [3.63, 3.8) is 0 Å². The maximum absolute atomic E-state index is 13.1. The van der Waals surface area contributed by atoms with Gasteiger partial charge in [0.2, 0.25) is 0 Å². The fourth-order valence-electron chi connectivity index (χ4n) is 9.31. The summed E-state index contributed by atoms with van der Waals surface area (Å²) >= 11 is 4.75. The van der Waals surface area contributed by atoms with Crippen LogP contribution in [0.5, 0.6) is 0 Å². The van der Waals surface area contributed by atoms with Gasteiger partial charge >= 0.3 is 0 Å². The van der Waals surface area contributed by atoms with Crippen molar-refractivity contribution in [1.82, 2.24) is 30.6 Å². The highest BCUT2D eigenvalue weighted by Crippen LogP contribution is 2.29. The number of ketones is 1. The summed E-state index contributed by atoms with van der Waals surface area (Å²) in [7, 11) is 7.87. The number of benzene rings is 2. The molecule has 4 aliphatic rings. The number of carbonyl (C=O) groups excluding carboxylic acids is 1. The SMILES string of the molecule is C.CNCl.CN[C@@H]1CCC(=O)C[C@H]1CN1CCC[C@@H](Cc2ccc(F)cc2)C1.CN[C@@H]1CC[C@@H](NC)[C@H](CN2CCC[C@@H](Cc3ccc(F)cc3)C2)C1. The van der Waals surface area contributed by atoms with E-state index < -0.39 is 0 Å². The lowest BCUT2D eigenvalue weighted by molar-refractivity contribution is -0.122. The van der Waals surface area contributed by atoms with E-state index in [1.807, 2.05) is 31.3 Å². The Balaban J connectivity index is 0.000000261. The van der Waals surface area contributed by atoms with Crippen LogP contribution in [0.1, 0.15) is 82.8 Å². The van der Waals surface area contributed by atoms with Gasteiger partial charge in [0.25, 0.3) is 0 Å². The highest BCUT2D eigenvalue weighted by molar-refractivity contribution is 6.13. The number of Topliss-reactive ketones (excluding diaryl/α,β-unsaturated/α-hetero) is 1. The number of halogens is 3. The minimum atomic E-state index is -0.163. The van der Waals surface area contributed by atoms with Crippen molar-refractivity contribution >= 4 is 17.6 Å². The maximum atomic E-state index is 13.1. The number of carbonyl (C=O) groups is 1. The molecule has 2 saturated heterocycles. The smallest absolute Gasteiger partial charge is 0.133 e. The fraction of sp³-hybridized carbons (Fsp3) is 0.698. The van der Waals surface area contributed by atoms with Gasteiger partial charge < -0.3 is 25.8 Å². The van der Waals surface area contributed by atoms with E-state index in [0.717, 1.165) is 57.7 Å². The highest BCUT2D eigenvalue weighted by Gasteiger charge is 2.33. The zero-order chi connectivity index (χ0) is 37.3. The molecule has 0 unspecified atom stereocenters. The third-order valence-corrected chi connectivity index (χ3v) is 12.0. The van der Waals surface area contributed by atoms with Crippen LogP contribution in [0.3, 0.4) is 0 Å². The molecule has 0 aromatic heterocycles. The molecule has 0 bridgehead atoms. The maximum Gasteiger partial charge on any atom is 0.133 e. The van der Waals surface area contributed by atoms with Crippen LogP contribution < -0.4 is 20.8 Å². The van der Waals surface area contributed by atoms with E-state index in [1.165, 1.54) is 75.7 Å². The van der Waals surface area contributed by atoms with E-state index in [4.69, 9.17) is 11.8 Å². The summed E-state index contributed by atoms with van der Waals surface area (Å²) < 4.78 is 26.1. The van der Waals surface area contributed by atoms with E-state index in [0.29, 0.717) is 41.7 Å². The topological polar surface area (TPSA) is 71.7 Å². The lowest BCUT2D eigenvalue weighted by Crippen LogP contribution is -2.49. The second-order valence-electron chi connectivity index (χ2n) is 15.8. The van der Waals surface area contributed by atoms with Crippen LogP contribution in [0.25, 0.3) is 0 Å². The Morgan fingerprint density at radius 2 is 1.15 bits per heavy atom. The lowest BCUT2D eigenvalue weighted by Gasteiger charge is -2.41. The number of nitrogens with zero attached hydrogens (tertiary/aromatic N) is 2. The third kappa shape index (κ3) is 15.6. The number of likely N-dealkylation sites (tertiary alicyclic amines) is 2. The minimum absolute atomic E-state index is 0. The van der Waals surface area contributed by atoms with Crippen LogP contribution in [0.15, 0.2) is 48.5 Å². The van der Waals surface area contributed by atoms with Gasteiger partial charge in [-0.05, 0) is 176 Å². The van der Waals surface area contributed by atoms with E-state index >= 15 is 0 Å². The highest BCUT2D eigenvalue weighted by atomic mass is 35.5. The van der Waals surface area contributed by atoms with Crippen molar-refractivity contribution in [2.75, 3.05) is 67.5 Å². The Hall–Kier alpha value is -1.98. The molecule has 2 aliphatic carbocycles. The Labute approximate surface area is 325 Å². The zero-order valence-corrected chi connectivity index (χ0v) is 33.1. The van der Waals surface area contributed by atoms with Gasteiger partial charge in [0.1, 0.15) is 17.4 Å². The van der Waals surface area contributed by atoms with Gasteiger partial charge in [0, 0.05) is 57.1 Å². The van der Waals surface area contributed by atoms with Crippen molar-refractivity contribution in [2.45, 2.75) is 103 Å². The van der Waals surface area contributed by atoms with E-state index in [-0.39, 0.29) is 19.1 Å². The fourth-order valence-corrected chi connectivity index (χ4v) is 9.31. The van der Waals surface area contributed by atoms with Crippen molar-refractivity contribution in [2.24, 2.45) is 23.7 Å². The van der Waals surface area contributed by atoms with Crippen molar-refractivity contribution in [1.29, 1.82) is 0 Å². The van der Waals surface area contributed by atoms with Crippen LogP contribution >= 0.6 is 11.8 Å². The predicted molar refractivity (Wildman–Crippen MR) is 218 cm³/mol. The molecule has 7 atom stereocenters. The van der Waals surface area contributed by atoms with Crippen molar-refractivity contribution in [3.05, 3.63) is 71.3 Å². The standard InChI is InChI=1S/C21H34FN3.C20H29FN2O.CH4ClN.CH4/c1-23-20-9-10-21(24-2)18(13-20)15-25-11-3-4-17(14-25)12-16-5-7-19(22)8-6-16;1-22-20-9-8-19(24)12-17(20)14-23-10-2-3-16(13-23)11-15-4-6-18(21)7-5-15;1-3-2;/h5-8,17-18,20-21,23-24H,3-4,9-15H2,1-2H3;4-7,16-17,20,22H,2-3,8-14H2,1H3;3H,1H3;1H4/t17-,18-,20+,21+;16-,17-,20+;;/m00../s1. The van der Waals surface area contributed by atoms with Gasteiger partial charge in [0.05, 0.1) is 0 Å². The number of rotatable bonds is 11. The molecule has 2 aliphatic heterocycles. The second kappa shape index (κ2) is 24.5. The summed E-state index contributed by atoms with van der Waals surface area (Å²) in [4.78, 5) is 19.3. The molecule has 53 heavy (non-hydrogen) atoms. The van der Waals surface area contributed by atoms with Crippen molar-refractivity contribution in [3.8, 4) is 0 Å². The number of hydrogen-bond donors (Lipinski definition) is 4. The first-order valence-electron chi connectivity index (χ1n) is 20.0. The van der Waals surface area contributed by atoms with Crippen LogP contribution in [0.4, 0.5) is 8.78 Å². The normalized spacial score (nSPS) is 28.1. The zero-order valence-electron chi connectivity index (χ0n) is 32.3. The lowest BCUT2D eigenvalue weighted by atomic mass is 9.80. The molecule has 2 saturated carbocycles. The summed E-state index contributed by atoms with van der Waals surface area (Å²) in [5, 5.41) is 10.4. The quantitative estimate of drug-likeness (QED) is 0.183. The number of nitrogens with one attached hydrogen (secondary N) is 4. The Morgan fingerprint density at radius 3 is 1.62 bits per heavy atom. The van der Waals surface area contributed by atoms with Gasteiger partial charge in [-0.2, -0.15) is 0 Å². The molecule has 0 spiro atoms. The molecule has 4 fully saturated rings. The van der Waals surface area contributed by atoms with E-state index in [2.05, 4.69) is 44.7 Å². The van der Waals surface area contributed by atoms with Crippen LogP contribution in [-0.4, -0.2) is 101 Å². The van der Waals surface area contributed by atoms with Gasteiger partial charge in [-0.3, -0.25) is 4.79 Å². The van der Waals surface area contributed by atoms with E-state index in [1.54, 1.807) is 31.3 Å². The molecular formula is C43H71ClF2N6O. The summed E-state index contributed by atoms with van der Waals surface area (Å²) in [6.45, 7) is 6.89. The van der Waals surface area contributed by atoms with Crippen LogP contribution in [-0.2, 0) is 17.6 Å². The first kappa shape index (κ1) is 45.4. The minimum Gasteiger partial charge on any atom is -0.317 e. The average Bonchev–Trinajstić information content (AvgIpc) is 3.14. The molecule has 0 amide bonds. The monoisotopic (exact) mass is 761 g/mol. The van der Waals surface area contributed by atoms with Gasteiger partial charge in [-0.15, -0.1) is 0 Å². The molecule has 300 valence electrons. The predicted octanol–water partition coefficient (Wildman–Crippen LogP) is 7.09. The summed E-state index contributed by atoms with van der Waals surface area (Å²) in [5.74, 6) is 2.65.